The second kappa shape index (κ2) is 7.84. The number of halogens is 12. The van der Waals surface area contributed by atoms with E-state index in [4.69, 9.17) is 0 Å². The molecule has 0 heterocycles. The van der Waals surface area contributed by atoms with Crippen LogP contribution in [0.4, 0.5) is 52.7 Å². The van der Waals surface area contributed by atoms with Gasteiger partial charge in [0, 0.05) is 0 Å². The molecule has 0 aliphatic rings. The van der Waals surface area contributed by atoms with Gasteiger partial charge in [0.2, 0.25) is 0 Å². The van der Waals surface area contributed by atoms with Gasteiger partial charge in [-0.05, 0) is 13.8 Å². The number of hydrogen-bond acceptors (Lipinski definition) is 6. The van der Waals surface area contributed by atoms with Crippen molar-refractivity contribution in [1.82, 2.24) is 0 Å². The van der Waals surface area contributed by atoms with Crippen molar-refractivity contribution in [3.8, 4) is 0 Å². The van der Waals surface area contributed by atoms with Crippen LogP contribution < -0.4 is 0 Å². The molecule has 2 unspecified atom stereocenters. The first-order valence-corrected chi connectivity index (χ1v) is 9.57. The first kappa shape index (κ1) is 29.0. The molecule has 182 valence electrons. The molecule has 0 aromatic carbocycles. The number of rotatable bonds is 9. The van der Waals surface area contributed by atoms with Crippen molar-refractivity contribution in [2.45, 2.75) is 48.0 Å². The standard InChI is InChI=1S/C10H10F12O6S2/c1-5(11,7(13,14)9(17,18)19)29(23,24)27-3-4-28-30(25,26)6(2,12)8(15,16)10(20,21)22/h3-4H2,1-2H3. The molecule has 0 N–H and O–H groups in total. The minimum absolute atomic E-state index is 0.782. The summed E-state index contributed by atoms with van der Waals surface area (Å²) >= 11 is 0. The molecule has 30 heavy (non-hydrogen) atoms. The van der Waals surface area contributed by atoms with Gasteiger partial charge in [0.25, 0.3) is 0 Å². The molecule has 0 aromatic heterocycles. The maximum absolute atomic E-state index is 13.7. The first-order chi connectivity index (χ1) is 12.7. The Balaban J connectivity index is 5.41. The smallest absolute Gasteiger partial charge is 0.265 e. The quantitative estimate of drug-likeness (QED) is 0.264. The minimum Gasteiger partial charge on any atom is -0.265 e. The van der Waals surface area contributed by atoms with Gasteiger partial charge >= 0.3 is 54.4 Å². The van der Waals surface area contributed by atoms with E-state index < -0.39 is 81.5 Å². The zero-order valence-electron chi connectivity index (χ0n) is 14.2. The molecule has 6 nitrogen and oxygen atoms in total. The third kappa shape index (κ3) is 4.74. The third-order valence-electron chi connectivity index (χ3n) is 3.33. The second-order valence-corrected chi connectivity index (χ2v) is 9.35. The molecule has 2 atom stereocenters. The average molecular weight is 518 g/mol. The van der Waals surface area contributed by atoms with Crippen LogP contribution in [-0.2, 0) is 28.6 Å². The lowest BCUT2D eigenvalue weighted by Crippen LogP contribution is -2.57. The van der Waals surface area contributed by atoms with Gasteiger partial charge in [-0.25, -0.2) is 8.78 Å². The molecule has 0 fully saturated rings. The van der Waals surface area contributed by atoms with E-state index in [-0.39, 0.29) is 0 Å². The van der Waals surface area contributed by atoms with Gasteiger partial charge < -0.3 is 0 Å². The van der Waals surface area contributed by atoms with Gasteiger partial charge in [0.05, 0.1) is 13.2 Å². The van der Waals surface area contributed by atoms with Crippen LogP contribution in [0, 0.1) is 0 Å². The van der Waals surface area contributed by atoms with Crippen LogP contribution in [0.2, 0.25) is 0 Å². The molecule has 0 amide bonds. The van der Waals surface area contributed by atoms with E-state index in [1.54, 1.807) is 0 Å². The van der Waals surface area contributed by atoms with Crippen molar-refractivity contribution < 1.29 is 77.9 Å². The van der Waals surface area contributed by atoms with E-state index in [9.17, 15) is 69.5 Å². The molecule has 0 aromatic rings. The fraction of sp³-hybridized carbons (Fsp3) is 1.00. The first-order valence-electron chi connectivity index (χ1n) is 6.75. The second-order valence-electron chi connectivity index (χ2n) is 5.53. The summed E-state index contributed by atoms with van der Waals surface area (Å²) in [6, 6.07) is 0. The molecule has 0 saturated heterocycles. The maximum atomic E-state index is 13.7. The zero-order valence-corrected chi connectivity index (χ0v) is 15.8. The number of hydrogen-bond donors (Lipinski definition) is 0. The van der Waals surface area contributed by atoms with Gasteiger partial charge in [0.1, 0.15) is 0 Å². The van der Waals surface area contributed by atoms with Crippen LogP contribution in [0.25, 0.3) is 0 Å². The van der Waals surface area contributed by atoms with Crippen molar-refractivity contribution in [3.63, 3.8) is 0 Å². The lowest BCUT2D eigenvalue weighted by Gasteiger charge is -2.31. The fourth-order valence-corrected chi connectivity index (χ4v) is 3.21. The molecular formula is C10H10F12O6S2. The van der Waals surface area contributed by atoms with Crippen LogP contribution in [-0.4, -0.2) is 64.2 Å². The highest BCUT2D eigenvalue weighted by molar-refractivity contribution is 7.88. The van der Waals surface area contributed by atoms with E-state index in [0.29, 0.717) is 0 Å². The van der Waals surface area contributed by atoms with Crippen LogP contribution >= 0.6 is 0 Å². The minimum atomic E-state index is -6.74. The van der Waals surface area contributed by atoms with Crippen LogP contribution in [0.15, 0.2) is 0 Å². The molecule has 0 spiro atoms. The zero-order chi connectivity index (χ0) is 24.8. The summed E-state index contributed by atoms with van der Waals surface area (Å²) in [5, 5.41) is -11.0. The molecule has 0 bridgehead atoms. The van der Waals surface area contributed by atoms with Crippen LogP contribution in [0.1, 0.15) is 13.8 Å². The Morgan fingerprint density at radius 3 is 0.900 bits per heavy atom. The average Bonchev–Trinajstić information content (AvgIpc) is 2.48. The van der Waals surface area contributed by atoms with Gasteiger partial charge in [-0.15, -0.1) is 0 Å². The summed E-state index contributed by atoms with van der Waals surface area (Å²) in [5.74, 6) is -13.1. The maximum Gasteiger partial charge on any atom is 0.458 e. The summed E-state index contributed by atoms with van der Waals surface area (Å²) in [4.78, 5) is 0. The molecule has 0 rings (SSSR count). The van der Waals surface area contributed by atoms with Crippen molar-refractivity contribution in [2.75, 3.05) is 13.2 Å². The van der Waals surface area contributed by atoms with Crippen molar-refractivity contribution in [3.05, 3.63) is 0 Å². The summed E-state index contributed by atoms with van der Waals surface area (Å²) < 4.78 is 204. The Bertz CT molecular complexity index is 755. The molecule has 0 radical (unpaired) electrons. The highest BCUT2D eigenvalue weighted by Gasteiger charge is 2.76. The fourth-order valence-electron chi connectivity index (χ4n) is 1.33. The predicted octanol–water partition coefficient (Wildman–Crippen LogP) is 3.45. The highest BCUT2D eigenvalue weighted by Crippen LogP contribution is 2.49. The highest BCUT2D eigenvalue weighted by atomic mass is 32.2. The summed E-state index contributed by atoms with van der Waals surface area (Å²) in [7, 11) is -13.1. The van der Waals surface area contributed by atoms with E-state index in [2.05, 4.69) is 8.37 Å². The van der Waals surface area contributed by atoms with Gasteiger partial charge in [0.15, 0.2) is 0 Å². The van der Waals surface area contributed by atoms with Crippen LogP contribution in [0.3, 0.4) is 0 Å². The Hall–Kier alpha value is -1.02. The Morgan fingerprint density at radius 2 is 0.733 bits per heavy atom. The van der Waals surface area contributed by atoms with Gasteiger partial charge in [-0.3, -0.25) is 8.37 Å². The lowest BCUT2D eigenvalue weighted by molar-refractivity contribution is -0.310. The monoisotopic (exact) mass is 518 g/mol. The topological polar surface area (TPSA) is 86.7 Å². The van der Waals surface area contributed by atoms with E-state index in [1.165, 1.54) is 0 Å². The van der Waals surface area contributed by atoms with E-state index in [0.717, 1.165) is 0 Å². The Kier molecular flexibility index (Phi) is 7.57. The third-order valence-corrected chi connectivity index (χ3v) is 6.68. The van der Waals surface area contributed by atoms with E-state index >= 15 is 0 Å². The predicted molar refractivity (Wildman–Crippen MR) is 70.8 cm³/mol. The number of alkyl halides is 12. The summed E-state index contributed by atoms with van der Waals surface area (Å²) in [6.45, 7) is -5.56. The summed E-state index contributed by atoms with van der Waals surface area (Å²) in [5.41, 5.74) is 0. The molecular weight excluding hydrogens is 508 g/mol. The Labute approximate surface area is 160 Å². The molecule has 0 aliphatic heterocycles. The molecule has 20 heteroatoms. The van der Waals surface area contributed by atoms with Gasteiger partial charge in [-0.2, -0.15) is 60.7 Å². The Morgan fingerprint density at radius 1 is 0.533 bits per heavy atom. The van der Waals surface area contributed by atoms with Crippen LogP contribution in [0.5, 0.6) is 0 Å². The van der Waals surface area contributed by atoms with Gasteiger partial charge in [-0.1, -0.05) is 0 Å². The van der Waals surface area contributed by atoms with Crippen molar-refractivity contribution in [1.29, 1.82) is 0 Å². The summed E-state index contributed by atoms with van der Waals surface area (Å²) in [6.07, 6.45) is -13.5. The molecule has 0 saturated carbocycles. The largest absolute Gasteiger partial charge is 0.458 e. The normalized spacial score (nSPS) is 19.3. The van der Waals surface area contributed by atoms with E-state index in [1.807, 2.05) is 0 Å². The molecule has 0 aliphatic carbocycles. The van der Waals surface area contributed by atoms with Crippen molar-refractivity contribution in [2.24, 2.45) is 0 Å². The lowest BCUT2D eigenvalue weighted by atomic mass is 10.2. The SMILES string of the molecule is CC(F)(C(F)(F)C(F)(F)F)S(=O)(=O)OCCOS(=O)(=O)C(C)(F)C(F)(F)C(F)(F)F. The van der Waals surface area contributed by atoms with Crippen molar-refractivity contribution >= 4 is 20.2 Å².